The van der Waals surface area contributed by atoms with Crippen molar-refractivity contribution in [3.8, 4) is 5.75 Å². The summed E-state index contributed by atoms with van der Waals surface area (Å²) in [5, 5.41) is 5.48. The quantitative estimate of drug-likeness (QED) is 0.809. The summed E-state index contributed by atoms with van der Waals surface area (Å²) >= 11 is 1.77. The molecule has 0 radical (unpaired) electrons. The number of hydrogen-bond acceptors (Lipinski definition) is 3. The minimum absolute atomic E-state index is 0.384. The number of likely N-dealkylation sites (N-methyl/N-ethyl adjacent to an activating group) is 1. The van der Waals surface area contributed by atoms with E-state index >= 15 is 0 Å². The first-order chi connectivity index (χ1) is 7.85. The zero-order valence-electron chi connectivity index (χ0n) is 9.95. The third-order valence-corrected chi connectivity index (χ3v) is 4.08. The van der Waals surface area contributed by atoms with Gasteiger partial charge in [-0.2, -0.15) is 0 Å². The van der Waals surface area contributed by atoms with Crippen LogP contribution in [0.15, 0.2) is 23.1 Å². The molecular weight excluding hydrogens is 218 g/mol. The van der Waals surface area contributed by atoms with Crippen LogP contribution in [0.1, 0.15) is 36.6 Å². The molecule has 0 bridgehead atoms. The third-order valence-electron chi connectivity index (χ3n) is 3.10. The Morgan fingerprint density at radius 2 is 2.31 bits per heavy atom. The number of nitrogens with one attached hydrogen (secondary N) is 1. The minimum atomic E-state index is 0.384. The van der Waals surface area contributed by atoms with Crippen molar-refractivity contribution in [3.05, 3.63) is 28.0 Å². The van der Waals surface area contributed by atoms with E-state index in [0.717, 1.165) is 5.75 Å². The molecule has 0 amide bonds. The Labute approximate surface area is 101 Å². The van der Waals surface area contributed by atoms with Crippen LogP contribution < -0.4 is 10.1 Å². The van der Waals surface area contributed by atoms with Gasteiger partial charge in [0.1, 0.15) is 5.75 Å². The van der Waals surface area contributed by atoms with E-state index in [1.807, 2.05) is 7.05 Å². The van der Waals surface area contributed by atoms with Crippen LogP contribution in [-0.4, -0.2) is 14.2 Å². The fraction of sp³-hybridized carbons (Fsp3) is 0.538. The van der Waals surface area contributed by atoms with Gasteiger partial charge < -0.3 is 10.1 Å². The molecule has 2 nitrogen and oxygen atoms in total. The number of allylic oxidation sites excluding steroid dienone is 1. The van der Waals surface area contributed by atoms with E-state index in [1.54, 1.807) is 24.0 Å². The molecule has 0 spiro atoms. The first-order valence-corrected chi connectivity index (χ1v) is 6.71. The summed E-state index contributed by atoms with van der Waals surface area (Å²) in [6.07, 6.45) is 7.53. The highest BCUT2D eigenvalue weighted by molar-refractivity contribution is 7.10. The van der Waals surface area contributed by atoms with Crippen LogP contribution in [0.4, 0.5) is 0 Å². The predicted octanol–water partition coefficient (Wildman–Crippen LogP) is 3.52. The van der Waals surface area contributed by atoms with Crippen LogP contribution in [0.5, 0.6) is 5.75 Å². The molecule has 3 heteroatoms. The molecule has 1 aliphatic rings. The average molecular weight is 237 g/mol. The molecule has 2 rings (SSSR count). The van der Waals surface area contributed by atoms with Crippen molar-refractivity contribution in [1.82, 2.24) is 5.32 Å². The lowest BCUT2D eigenvalue weighted by Crippen LogP contribution is -2.18. The first kappa shape index (κ1) is 11.7. The largest absolute Gasteiger partial charge is 0.496 e. The highest BCUT2D eigenvalue weighted by atomic mass is 32.1. The number of methoxy groups -OCH3 is 1. The Hall–Kier alpha value is -0.800. The van der Waals surface area contributed by atoms with Crippen LogP contribution >= 0.6 is 11.3 Å². The van der Waals surface area contributed by atoms with Gasteiger partial charge in [-0.25, -0.2) is 0 Å². The molecule has 0 fully saturated rings. The molecular formula is C13H19NOS. The zero-order chi connectivity index (χ0) is 11.4. The number of rotatable bonds is 4. The van der Waals surface area contributed by atoms with Crippen LogP contribution in [0.2, 0.25) is 0 Å². The third kappa shape index (κ3) is 2.47. The minimum Gasteiger partial charge on any atom is -0.496 e. The zero-order valence-corrected chi connectivity index (χ0v) is 10.8. The van der Waals surface area contributed by atoms with Gasteiger partial charge in [0.15, 0.2) is 0 Å². The molecule has 1 atom stereocenters. The molecule has 1 aliphatic carbocycles. The summed E-state index contributed by atoms with van der Waals surface area (Å²) in [5.74, 6) is 0.969. The Morgan fingerprint density at radius 1 is 1.44 bits per heavy atom. The highest BCUT2D eigenvalue weighted by Gasteiger charge is 2.18. The fourth-order valence-corrected chi connectivity index (χ4v) is 3.23. The summed E-state index contributed by atoms with van der Waals surface area (Å²) in [6, 6.07) is 2.52. The fourth-order valence-electron chi connectivity index (χ4n) is 2.23. The second-order valence-electron chi connectivity index (χ2n) is 4.14. The first-order valence-electron chi connectivity index (χ1n) is 5.83. The van der Waals surface area contributed by atoms with Gasteiger partial charge in [-0.1, -0.05) is 11.6 Å². The van der Waals surface area contributed by atoms with E-state index in [9.17, 15) is 0 Å². The van der Waals surface area contributed by atoms with Crippen molar-refractivity contribution < 1.29 is 4.74 Å². The van der Waals surface area contributed by atoms with E-state index in [2.05, 4.69) is 22.8 Å². The standard InChI is InChI=1S/C13H19NOS/c1-14-13(10-6-4-3-5-7-10)12-8-11(15-2)9-16-12/h6,8-9,13-14H,3-5,7H2,1-2H3. The van der Waals surface area contributed by atoms with Gasteiger partial charge in [0.05, 0.1) is 13.2 Å². The summed E-state index contributed by atoms with van der Waals surface area (Å²) in [5.41, 5.74) is 1.54. The monoisotopic (exact) mass is 237 g/mol. The molecule has 0 saturated carbocycles. The number of thiophene rings is 1. The number of ether oxygens (including phenoxy) is 1. The summed E-state index contributed by atoms with van der Waals surface area (Å²) in [4.78, 5) is 1.35. The van der Waals surface area contributed by atoms with Gasteiger partial charge in [0.2, 0.25) is 0 Å². The van der Waals surface area contributed by atoms with Gasteiger partial charge in [-0.05, 0) is 38.8 Å². The molecule has 88 valence electrons. The second kappa shape index (κ2) is 5.51. The van der Waals surface area contributed by atoms with Crippen molar-refractivity contribution in [2.24, 2.45) is 0 Å². The molecule has 1 unspecified atom stereocenters. The van der Waals surface area contributed by atoms with E-state index < -0.39 is 0 Å². The molecule has 1 aromatic heterocycles. The molecule has 0 aromatic carbocycles. The Bertz CT molecular complexity index is 370. The Morgan fingerprint density at radius 3 is 2.88 bits per heavy atom. The second-order valence-corrected chi connectivity index (χ2v) is 5.08. The van der Waals surface area contributed by atoms with Crippen LogP contribution in [-0.2, 0) is 0 Å². The maximum Gasteiger partial charge on any atom is 0.129 e. The molecule has 1 aromatic rings. The lowest BCUT2D eigenvalue weighted by molar-refractivity contribution is 0.416. The van der Waals surface area contributed by atoms with Crippen molar-refractivity contribution in [2.75, 3.05) is 14.2 Å². The molecule has 16 heavy (non-hydrogen) atoms. The van der Waals surface area contributed by atoms with Crippen LogP contribution in [0.3, 0.4) is 0 Å². The number of hydrogen-bond donors (Lipinski definition) is 1. The van der Waals surface area contributed by atoms with Crippen LogP contribution in [0, 0.1) is 0 Å². The molecule has 0 aliphatic heterocycles. The maximum atomic E-state index is 5.24. The van der Waals surface area contributed by atoms with E-state index in [-0.39, 0.29) is 0 Å². The van der Waals surface area contributed by atoms with E-state index in [1.165, 1.54) is 30.6 Å². The Balaban J connectivity index is 2.17. The van der Waals surface area contributed by atoms with E-state index in [0.29, 0.717) is 6.04 Å². The Kier molecular flexibility index (Phi) is 4.02. The van der Waals surface area contributed by atoms with Crippen molar-refractivity contribution in [3.63, 3.8) is 0 Å². The summed E-state index contributed by atoms with van der Waals surface area (Å²) < 4.78 is 5.24. The van der Waals surface area contributed by atoms with Gasteiger partial charge >= 0.3 is 0 Å². The van der Waals surface area contributed by atoms with Gasteiger partial charge in [-0.15, -0.1) is 11.3 Å². The average Bonchev–Trinajstić information content (AvgIpc) is 2.80. The van der Waals surface area contributed by atoms with Crippen molar-refractivity contribution in [1.29, 1.82) is 0 Å². The normalized spacial score (nSPS) is 18.0. The molecule has 1 heterocycles. The van der Waals surface area contributed by atoms with Crippen molar-refractivity contribution in [2.45, 2.75) is 31.7 Å². The SMILES string of the molecule is CNC(C1=CCCCC1)c1cc(OC)cs1. The van der Waals surface area contributed by atoms with Gasteiger partial charge in [-0.3, -0.25) is 0 Å². The van der Waals surface area contributed by atoms with Gasteiger partial charge in [0.25, 0.3) is 0 Å². The molecule has 1 N–H and O–H groups in total. The maximum absolute atomic E-state index is 5.24. The van der Waals surface area contributed by atoms with Gasteiger partial charge in [0, 0.05) is 10.3 Å². The van der Waals surface area contributed by atoms with Crippen molar-refractivity contribution >= 4 is 11.3 Å². The van der Waals surface area contributed by atoms with Crippen LogP contribution in [0.25, 0.3) is 0 Å². The highest BCUT2D eigenvalue weighted by Crippen LogP contribution is 2.34. The lowest BCUT2D eigenvalue weighted by atomic mass is 9.93. The summed E-state index contributed by atoms with van der Waals surface area (Å²) in [6.45, 7) is 0. The topological polar surface area (TPSA) is 21.3 Å². The smallest absolute Gasteiger partial charge is 0.129 e. The van der Waals surface area contributed by atoms with E-state index in [4.69, 9.17) is 4.74 Å². The predicted molar refractivity (Wildman–Crippen MR) is 69.2 cm³/mol. The summed E-state index contributed by atoms with van der Waals surface area (Å²) in [7, 11) is 3.76. The lowest BCUT2D eigenvalue weighted by Gasteiger charge is -2.21. The molecule has 0 saturated heterocycles.